The summed E-state index contributed by atoms with van der Waals surface area (Å²) in [6.45, 7) is 8.01. The van der Waals surface area contributed by atoms with Crippen molar-refractivity contribution in [3.63, 3.8) is 0 Å². The van der Waals surface area contributed by atoms with Gasteiger partial charge in [-0.25, -0.2) is 0 Å². The van der Waals surface area contributed by atoms with Crippen LogP contribution in [0.2, 0.25) is 0 Å². The molecule has 7 heteroatoms. The molecule has 7 rings (SSSR count). The first-order valence-corrected chi connectivity index (χ1v) is 17.8. The molecule has 1 N–H and O–H groups in total. The number of unbranched alkanes of at least 4 members (excludes halogenated alkanes) is 3. The number of carbonyl (C=O) groups is 2. The molecule has 1 saturated heterocycles. The van der Waals surface area contributed by atoms with Crippen LogP contribution in [0.1, 0.15) is 78.9 Å². The Morgan fingerprint density at radius 1 is 1.02 bits per heavy atom. The van der Waals surface area contributed by atoms with E-state index in [4.69, 9.17) is 9.47 Å². The minimum atomic E-state index is -1.02. The van der Waals surface area contributed by atoms with Crippen LogP contribution in [0.5, 0.6) is 11.5 Å². The molecule has 3 aromatic carbocycles. The van der Waals surface area contributed by atoms with Gasteiger partial charge in [-0.2, -0.15) is 0 Å². The lowest BCUT2D eigenvalue weighted by atomic mass is 9.48. The molecule has 5 atom stereocenters. The minimum absolute atomic E-state index is 0.0710. The van der Waals surface area contributed by atoms with Gasteiger partial charge in [-0.1, -0.05) is 85.6 Å². The van der Waals surface area contributed by atoms with Crippen molar-refractivity contribution in [3.05, 3.63) is 108 Å². The number of ether oxygens (including phenoxy) is 2. The Kier molecular flexibility index (Phi) is 9.29. The topological polar surface area (TPSA) is 79.3 Å². The molecule has 2 fully saturated rings. The van der Waals surface area contributed by atoms with Crippen LogP contribution in [-0.2, 0) is 23.1 Å². The maximum atomic E-state index is 13.8. The van der Waals surface area contributed by atoms with Gasteiger partial charge in [0.2, 0.25) is 0 Å². The van der Waals surface area contributed by atoms with Crippen molar-refractivity contribution in [2.24, 2.45) is 0 Å². The first-order valence-electron chi connectivity index (χ1n) is 17.8. The van der Waals surface area contributed by atoms with Gasteiger partial charge in [0.25, 0.3) is 0 Å². The fourth-order valence-corrected chi connectivity index (χ4v) is 9.49. The van der Waals surface area contributed by atoms with Gasteiger partial charge < -0.3 is 14.6 Å². The second kappa shape index (κ2) is 13.6. The Morgan fingerprint density at radius 3 is 2.52 bits per heavy atom. The minimum Gasteiger partial charge on any atom is -0.483 e. The number of piperidine rings is 1. The van der Waals surface area contributed by atoms with Crippen LogP contribution in [0.15, 0.2) is 85.5 Å². The monoisotopic (exact) mass is 648 g/mol. The van der Waals surface area contributed by atoms with Gasteiger partial charge in [0.15, 0.2) is 17.3 Å². The molecule has 0 aromatic heterocycles. The zero-order valence-corrected chi connectivity index (χ0v) is 28.1. The summed E-state index contributed by atoms with van der Waals surface area (Å²) >= 11 is 0. The van der Waals surface area contributed by atoms with E-state index in [0.29, 0.717) is 49.4 Å². The number of nitrogens with zero attached hydrogens (tertiary/aromatic N) is 2. The predicted molar refractivity (Wildman–Crippen MR) is 187 cm³/mol. The fraction of sp³-hybridized carbons (Fsp3) is 0.463. The summed E-state index contributed by atoms with van der Waals surface area (Å²) in [7, 11) is 0. The molecule has 0 amide bonds. The highest BCUT2D eigenvalue weighted by molar-refractivity contribution is 5.97. The van der Waals surface area contributed by atoms with Crippen molar-refractivity contribution in [1.82, 2.24) is 9.80 Å². The summed E-state index contributed by atoms with van der Waals surface area (Å²) in [5, 5.41) is 13.0. The number of benzene rings is 3. The maximum absolute atomic E-state index is 13.8. The molecule has 2 aliphatic heterocycles. The number of hydrogen-bond acceptors (Lipinski definition) is 7. The highest BCUT2D eigenvalue weighted by Gasteiger charge is 2.73. The smallest absolute Gasteiger partial charge is 0.308 e. The number of likely N-dealkylation sites (tertiary alicyclic amines) is 1. The Morgan fingerprint density at radius 2 is 1.77 bits per heavy atom. The molecule has 48 heavy (non-hydrogen) atoms. The summed E-state index contributed by atoms with van der Waals surface area (Å²) in [5.41, 5.74) is 2.56. The van der Waals surface area contributed by atoms with Gasteiger partial charge in [-0.15, -0.1) is 6.58 Å². The van der Waals surface area contributed by atoms with Crippen LogP contribution >= 0.6 is 0 Å². The summed E-state index contributed by atoms with van der Waals surface area (Å²) < 4.78 is 12.7. The lowest BCUT2D eigenvalue weighted by Crippen LogP contribution is -2.78. The van der Waals surface area contributed by atoms with Gasteiger partial charge in [0, 0.05) is 36.7 Å². The van der Waals surface area contributed by atoms with E-state index in [0.717, 1.165) is 62.7 Å². The van der Waals surface area contributed by atoms with Crippen LogP contribution in [0, 0.1) is 0 Å². The Labute approximate surface area is 284 Å². The number of carbonyl (C=O) groups excluding carboxylic acids is 2. The van der Waals surface area contributed by atoms with Gasteiger partial charge in [-0.05, 0) is 75.2 Å². The molecule has 7 nitrogen and oxygen atoms in total. The van der Waals surface area contributed by atoms with Gasteiger partial charge in [-0.3, -0.25) is 19.4 Å². The van der Waals surface area contributed by atoms with Crippen LogP contribution in [0.25, 0.3) is 0 Å². The van der Waals surface area contributed by atoms with Crippen LogP contribution in [-0.4, -0.2) is 76.6 Å². The molecule has 252 valence electrons. The number of Topliss-reactive ketones (excluding diaryl/α,β-unsaturated/α-hetero) is 1. The second-order valence-electron chi connectivity index (χ2n) is 14.2. The largest absolute Gasteiger partial charge is 0.483 e. The molecule has 1 saturated carbocycles. The Bertz CT molecular complexity index is 1640. The lowest BCUT2D eigenvalue weighted by molar-refractivity contribution is -0.198. The van der Waals surface area contributed by atoms with Crippen molar-refractivity contribution in [2.75, 3.05) is 26.2 Å². The van der Waals surface area contributed by atoms with Crippen molar-refractivity contribution in [3.8, 4) is 11.5 Å². The molecule has 2 heterocycles. The Hall–Kier alpha value is -3.78. The first kappa shape index (κ1) is 32.8. The van der Waals surface area contributed by atoms with Crippen molar-refractivity contribution < 1.29 is 24.2 Å². The highest BCUT2D eigenvalue weighted by atomic mass is 16.6. The summed E-state index contributed by atoms with van der Waals surface area (Å²) in [6.07, 6.45) is 9.69. The average Bonchev–Trinajstić information content (AvgIpc) is 3.44. The van der Waals surface area contributed by atoms with E-state index in [1.54, 1.807) is 0 Å². The number of hydrogen-bond donors (Lipinski definition) is 1. The van der Waals surface area contributed by atoms with Crippen molar-refractivity contribution in [2.45, 2.75) is 93.9 Å². The number of ketones is 1. The van der Waals surface area contributed by atoms with Crippen molar-refractivity contribution >= 4 is 11.8 Å². The van der Waals surface area contributed by atoms with E-state index < -0.39 is 17.0 Å². The molecule has 1 spiro atoms. The van der Waals surface area contributed by atoms with Gasteiger partial charge >= 0.3 is 5.97 Å². The third-order valence-corrected chi connectivity index (χ3v) is 11.6. The van der Waals surface area contributed by atoms with Crippen LogP contribution in [0.3, 0.4) is 0 Å². The summed E-state index contributed by atoms with van der Waals surface area (Å²) in [4.78, 5) is 30.7. The van der Waals surface area contributed by atoms with E-state index in [2.05, 4.69) is 52.8 Å². The second-order valence-corrected chi connectivity index (χ2v) is 14.2. The molecular weight excluding hydrogens is 600 g/mol. The van der Waals surface area contributed by atoms with Crippen LogP contribution in [0.4, 0.5) is 0 Å². The Balaban J connectivity index is 1.19. The van der Waals surface area contributed by atoms with Gasteiger partial charge in [0.1, 0.15) is 6.10 Å². The molecular formula is C41H48N2O5. The van der Waals surface area contributed by atoms with E-state index in [9.17, 15) is 14.7 Å². The average molecular weight is 649 g/mol. The van der Waals surface area contributed by atoms with E-state index >= 15 is 0 Å². The molecule has 2 aliphatic carbocycles. The molecule has 0 radical (unpaired) electrons. The van der Waals surface area contributed by atoms with E-state index in [1.807, 2.05) is 42.5 Å². The normalized spacial score (nSPS) is 26.9. The summed E-state index contributed by atoms with van der Waals surface area (Å²) in [6, 6.07) is 23.9. The number of aliphatic hydroxyl groups is 1. The molecule has 2 bridgehead atoms. The van der Waals surface area contributed by atoms with Gasteiger partial charge in [0.05, 0.1) is 17.6 Å². The fourth-order valence-electron chi connectivity index (χ4n) is 9.49. The molecule has 4 aliphatic rings. The van der Waals surface area contributed by atoms with E-state index in [-0.39, 0.29) is 24.0 Å². The lowest BCUT2D eigenvalue weighted by Gasteiger charge is -2.64. The SMILES string of the molecule is C=CCN1CC[C@]23c4c5ccc(OC(C)=O)c4O[C@H]2[C@H](N(CCCCCCc2ccccc2)CC(=O)c2ccccc2)CC[C@@]3(O)[C@H]1C5. The molecule has 3 aromatic rings. The van der Waals surface area contributed by atoms with Crippen molar-refractivity contribution in [1.29, 1.82) is 0 Å². The zero-order valence-electron chi connectivity index (χ0n) is 28.1. The zero-order chi connectivity index (χ0) is 33.3. The highest BCUT2D eigenvalue weighted by Crippen LogP contribution is 2.66. The number of rotatable bonds is 14. The summed E-state index contributed by atoms with van der Waals surface area (Å²) in [5.74, 6) is 0.718. The third-order valence-electron chi connectivity index (χ3n) is 11.6. The number of aryl methyl sites for hydroxylation is 1. The quantitative estimate of drug-likeness (QED) is 0.0722. The van der Waals surface area contributed by atoms with Crippen LogP contribution < -0.4 is 9.47 Å². The molecule has 0 unspecified atom stereocenters. The standard InChI is InChI=1S/C41H48N2O5/c1-3-24-42-26-23-40-37-32-19-20-35(47-29(2)44)38(37)48-39(40)33(21-22-41(40,46)36(42)27-32)43(28-34(45)31-17-11-7-12-18-31)25-13-5-4-8-14-30-15-9-6-10-16-30/h3,6-7,9-12,15-20,33,36,39,46H,1,4-5,8,13-14,21-28H2,2H3/t33-,36-,39+,40+,41-/m1/s1. The van der Waals surface area contributed by atoms with E-state index in [1.165, 1.54) is 12.5 Å². The number of esters is 1. The maximum Gasteiger partial charge on any atom is 0.308 e. The predicted octanol–water partition coefficient (Wildman–Crippen LogP) is 6.31. The first-order chi connectivity index (χ1) is 23.4. The third kappa shape index (κ3) is 5.70.